The van der Waals surface area contributed by atoms with Gasteiger partial charge in [-0.3, -0.25) is 9.48 Å². The lowest BCUT2D eigenvalue weighted by Crippen LogP contribution is -2.21. The molecule has 0 bridgehead atoms. The second kappa shape index (κ2) is 7.88. The van der Waals surface area contributed by atoms with E-state index in [1.165, 1.54) is 19.1 Å². The number of anilines is 1. The summed E-state index contributed by atoms with van der Waals surface area (Å²) < 4.78 is 15.1. The maximum Gasteiger partial charge on any atom is 0.274 e. The third-order valence-corrected chi connectivity index (χ3v) is 4.63. The van der Waals surface area contributed by atoms with Crippen LogP contribution in [0, 0.1) is 12.7 Å². The zero-order valence-electron chi connectivity index (χ0n) is 16.9. The SMILES string of the molecule is Cc1nc(C(=O)Nc2cc3cn(CCC(C)(C)O)nc3cc2C(C)O)ccc1F. The molecule has 0 radical (unpaired) electrons. The zero-order chi connectivity index (χ0) is 21.3. The van der Waals surface area contributed by atoms with Crippen molar-refractivity contribution in [3.63, 3.8) is 0 Å². The molecule has 0 aliphatic rings. The molecule has 1 unspecified atom stereocenters. The summed E-state index contributed by atoms with van der Waals surface area (Å²) in [6, 6.07) is 5.97. The highest BCUT2D eigenvalue weighted by atomic mass is 19.1. The van der Waals surface area contributed by atoms with Gasteiger partial charge in [0.25, 0.3) is 5.91 Å². The van der Waals surface area contributed by atoms with Crippen molar-refractivity contribution >= 4 is 22.5 Å². The topological polar surface area (TPSA) is 100 Å². The number of amides is 1. The minimum Gasteiger partial charge on any atom is -0.390 e. The molecule has 0 fully saturated rings. The van der Waals surface area contributed by atoms with E-state index in [0.29, 0.717) is 29.7 Å². The number of benzene rings is 1. The van der Waals surface area contributed by atoms with E-state index in [0.717, 1.165) is 5.39 Å². The number of rotatable bonds is 6. The molecule has 2 aromatic heterocycles. The number of halogens is 1. The van der Waals surface area contributed by atoms with Crippen LogP contribution in [-0.2, 0) is 6.54 Å². The Kier molecular flexibility index (Phi) is 5.68. The molecule has 154 valence electrons. The maximum atomic E-state index is 13.4. The molecule has 2 heterocycles. The lowest BCUT2D eigenvalue weighted by molar-refractivity contribution is 0.0651. The number of fused-ring (bicyclic) bond motifs is 1. The lowest BCUT2D eigenvalue weighted by atomic mass is 10.1. The first-order valence-electron chi connectivity index (χ1n) is 9.39. The third kappa shape index (κ3) is 4.96. The standard InChI is InChI=1S/C21H25FN4O3/c1-12-16(22)5-6-17(23-12)20(28)24-19-9-14-11-26(8-7-21(3,4)29)25-18(14)10-15(19)13(2)27/h5-6,9-11,13,27,29H,7-8H2,1-4H3,(H,24,28). The van der Waals surface area contributed by atoms with Crippen LogP contribution in [0.2, 0.25) is 0 Å². The van der Waals surface area contributed by atoms with Crippen LogP contribution in [0.15, 0.2) is 30.5 Å². The van der Waals surface area contributed by atoms with Crippen molar-refractivity contribution in [2.45, 2.75) is 52.4 Å². The second-order valence-corrected chi connectivity index (χ2v) is 7.85. The average Bonchev–Trinajstić information content (AvgIpc) is 3.02. The fourth-order valence-electron chi connectivity index (χ4n) is 2.95. The Balaban J connectivity index is 1.92. The summed E-state index contributed by atoms with van der Waals surface area (Å²) in [6.45, 7) is 7.09. The molecule has 3 aromatic rings. The van der Waals surface area contributed by atoms with Crippen LogP contribution in [0.4, 0.5) is 10.1 Å². The number of carbonyl (C=O) groups excluding carboxylic acids is 1. The van der Waals surface area contributed by atoms with E-state index in [1.54, 1.807) is 37.6 Å². The average molecular weight is 400 g/mol. The van der Waals surface area contributed by atoms with Gasteiger partial charge in [-0.2, -0.15) is 5.10 Å². The number of aryl methyl sites for hydroxylation is 2. The summed E-state index contributed by atoms with van der Waals surface area (Å²) in [7, 11) is 0. The van der Waals surface area contributed by atoms with Crippen LogP contribution < -0.4 is 5.32 Å². The molecule has 1 amide bonds. The first-order chi connectivity index (χ1) is 13.5. The van der Waals surface area contributed by atoms with Gasteiger partial charge in [0, 0.05) is 29.4 Å². The smallest absolute Gasteiger partial charge is 0.274 e. The highest BCUT2D eigenvalue weighted by Gasteiger charge is 2.17. The molecule has 0 spiro atoms. The van der Waals surface area contributed by atoms with Crippen LogP contribution >= 0.6 is 0 Å². The number of pyridine rings is 1. The highest BCUT2D eigenvalue weighted by Crippen LogP contribution is 2.29. The fraction of sp³-hybridized carbons (Fsp3) is 0.381. The Hall–Kier alpha value is -2.84. The van der Waals surface area contributed by atoms with Crippen molar-refractivity contribution < 1.29 is 19.4 Å². The van der Waals surface area contributed by atoms with Gasteiger partial charge in [0.15, 0.2) is 0 Å². The highest BCUT2D eigenvalue weighted by molar-refractivity contribution is 6.04. The number of nitrogens with one attached hydrogen (secondary N) is 1. The molecular formula is C21H25FN4O3. The van der Waals surface area contributed by atoms with Crippen molar-refractivity contribution in [1.29, 1.82) is 0 Å². The number of nitrogens with zero attached hydrogens (tertiary/aromatic N) is 3. The second-order valence-electron chi connectivity index (χ2n) is 7.85. The summed E-state index contributed by atoms with van der Waals surface area (Å²) >= 11 is 0. The number of aliphatic hydroxyl groups excluding tert-OH is 1. The quantitative estimate of drug-likeness (QED) is 0.589. The predicted molar refractivity (Wildman–Crippen MR) is 108 cm³/mol. The molecule has 0 aliphatic heterocycles. The van der Waals surface area contributed by atoms with Gasteiger partial charge in [-0.15, -0.1) is 0 Å². The Morgan fingerprint density at radius 1 is 1.34 bits per heavy atom. The van der Waals surface area contributed by atoms with Gasteiger partial charge in [-0.1, -0.05) is 0 Å². The third-order valence-electron chi connectivity index (χ3n) is 4.63. The Bertz CT molecular complexity index is 1050. The minimum absolute atomic E-state index is 0.0846. The van der Waals surface area contributed by atoms with Crippen LogP contribution in [-0.4, -0.2) is 36.5 Å². The molecule has 1 aromatic carbocycles. The van der Waals surface area contributed by atoms with Crippen molar-refractivity contribution in [3.05, 3.63) is 53.2 Å². The monoisotopic (exact) mass is 400 g/mol. The molecule has 3 N–H and O–H groups in total. The predicted octanol–water partition coefficient (Wildman–Crippen LogP) is 3.35. The van der Waals surface area contributed by atoms with E-state index in [4.69, 9.17) is 0 Å². The van der Waals surface area contributed by atoms with E-state index in [9.17, 15) is 19.4 Å². The van der Waals surface area contributed by atoms with Crippen LogP contribution in [0.3, 0.4) is 0 Å². The number of aromatic nitrogens is 3. The van der Waals surface area contributed by atoms with Crippen LogP contribution in [0.25, 0.3) is 10.9 Å². The van der Waals surface area contributed by atoms with Gasteiger partial charge in [0.2, 0.25) is 0 Å². The summed E-state index contributed by atoms with van der Waals surface area (Å²) in [5.41, 5.74) is 1.03. The number of hydrogen-bond acceptors (Lipinski definition) is 5. The first-order valence-corrected chi connectivity index (χ1v) is 9.39. The van der Waals surface area contributed by atoms with E-state index in [-0.39, 0.29) is 11.4 Å². The Morgan fingerprint density at radius 2 is 2.07 bits per heavy atom. The van der Waals surface area contributed by atoms with Crippen LogP contribution in [0.1, 0.15) is 55.0 Å². The Labute approximate surface area is 168 Å². The number of hydrogen-bond donors (Lipinski definition) is 3. The van der Waals surface area contributed by atoms with Gasteiger partial charge in [-0.25, -0.2) is 9.37 Å². The van der Waals surface area contributed by atoms with E-state index < -0.39 is 23.4 Å². The normalized spacial score (nSPS) is 12.9. The lowest BCUT2D eigenvalue weighted by Gasteiger charge is -2.16. The zero-order valence-corrected chi connectivity index (χ0v) is 16.9. The molecule has 8 heteroatoms. The summed E-state index contributed by atoms with van der Waals surface area (Å²) in [4.78, 5) is 16.5. The first kappa shape index (κ1) is 20.9. The van der Waals surface area contributed by atoms with Gasteiger partial charge in [-0.05, 0) is 58.4 Å². The van der Waals surface area contributed by atoms with Crippen LogP contribution in [0.5, 0.6) is 0 Å². The molecule has 1 atom stereocenters. The maximum absolute atomic E-state index is 13.4. The number of aliphatic hydroxyl groups is 2. The van der Waals surface area contributed by atoms with Gasteiger partial charge in [0.05, 0.1) is 22.9 Å². The molecular weight excluding hydrogens is 375 g/mol. The van der Waals surface area contributed by atoms with E-state index in [2.05, 4.69) is 15.4 Å². The minimum atomic E-state index is -0.834. The van der Waals surface area contributed by atoms with Crippen molar-refractivity contribution in [2.24, 2.45) is 0 Å². The van der Waals surface area contributed by atoms with Crippen molar-refractivity contribution in [2.75, 3.05) is 5.32 Å². The van der Waals surface area contributed by atoms with Gasteiger partial charge in [0.1, 0.15) is 11.5 Å². The molecule has 29 heavy (non-hydrogen) atoms. The van der Waals surface area contributed by atoms with E-state index in [1.807, 2.05) is 6.20 Å². The van der Waals surface area contributed by atoms with Crippen molar-refractivity contribution in [3.8, 4) is 0 Å². The summed E-state index contributed by atoms with van der Waals surface area (Å²) in [5.74, 6) is -0.977. The summed E-state index contributed by atoms with van der Waals surface area (Å²) in [5, 5.41) is 28.1. The van der Waals surface area contributed by atoms with E-state index >= 15 is 0 Å². The van der Waals surface area contributed by atoms with Crippen molar-refractivity contribution in [1.82, 2.24) is 14.8 Å². The Morgan fingerprint density at radius 3 is 2.69 bits per heavy atom. The molecule has 7 nitrogen and oxygen atoms in total. The molecule has 0 saturated carbocycles. The summed E-state index contributed by atoms with van der Waals surface area (Å²) in [6.07, 6.45) is 1.52. The van der Waals surface area contributed by atoms with Gasteiger partial charge < -0.3 is 15.5 Å². The largest absolute Gasteiger partial charge is 0.390 e. The van der Waals surface area contributed by atoms with Gasteiger partial charge >= 0.3 is 0 Å². The fourth-order valence-corrected chi connectivity index (χ4v) is 2.95. The molecule has 3 rings (SSSR count). The number of carbonyl (C=O) groups is 1. The molecule has 0 saturated heterocycles. The molecule has 0 aliphatic carbocycles.